The Hall–Kier alpha value is -4.74. The van der Waals surface area contributed by atoms with Crippen molar-refractivity contribution in [3.8, 4) is 11.1 Å². The number of amides is 3. The first-order valence-electron chi connectivity index (χ1n) is 13.5. The predicted molar refractivity (Wildman–Crippen MR) is 146 cm³/mol. The van der Waals surface area contributed by atoms with Gasteiger partial charge < -0.3 is 20.1 Å². The summed E-state index contributed by atoms with van der Waals surface area (Å²) in [7, 11) is 0. The van der Waals surface area contributed by atoms with E-state index in [1.807, 2.05) is 6.07 Å². The maximum Gasteiger partial charge on any atom is 0.416 e. The van der Waals surface area contributed by atoms with Gasteiger partial charge in [0.05, 0.1) is 29.3 Å². The predicted octanol–water partition coefficient (Wildman–Crippen LogP) is 5.47. The highest BCUT2D eigenvalue weighted by Gasteiger charge is 2.47. The molecule has 0 saturated heterocycles. The number of hydrogen-bond acceptors (Lipinski definition) is 6. The summed E-state index contributed by atoms with van der Waals surface area (Å²) in [4.78, 5) is 35.9. The summed E-state index contributed by atoms with van der Waals surface area (Å²) in [6.45, 7) is 2.52. The number of carbonyl (C=O) groups is 2. The molecule has 0 bridgehead atoms. The van der Waals surface area contributed by atoms with Crippen molar-refractivity contribution in [1.82, 2.24) is 25.3 Å². The van der Waals surface area contributed by atoms with Crippen LogP contribution in [0.1, 0.15) is 46.3 Å². The second kappa shape index (κ2) is 10.9. The first-order chi connectivity index (χ1) is 20.2. The first kappa shape index (κ1) is 27.4. The highest BCUT2D eigenvalue weighted by molar-refractivity contribution is 5.89. The number of benzene rings is 2. The minimum absolute atomic E-state index is 0.116. The molecule has 6 rings (SSSR count). The molecule has 42 heavy (non-hydrogen) atoms. The van der Waals surface area contributed by atoms with Crippen LogP contribution in [0, 0.1) is 12.8 Å². The Labute approximate surface area is 239 Å². The molecule has 2 aromatic carbocycles. The van der Waals surface area contributed by atoms with E-state index in [-0.39, 0.29) is 36.9 Å². The zero-order valence-electron chi connectivity index (χ0n) is 22.6. The molecule has 4 aromatic rings. The van der Waals surface area contributed by atoms with Gasteiger partial charge in [0, 0.05) is 25.8 Å². The zero-order valence-corrected chi connectivity index (χ0v) is 22.6. The summed E-state index contributed by atoms with van der Waals surface area (Å²) in [6, 6.07) is 12.0. The number of nitrogens with zero attached hydrogens (tertiary/aromatic N) is 4. The fourth-order valence-corrected chi connectivity index (χ4v) is 5.39. The van der Waals surface area contributed by atoms with Crippen LogP contribution in [0.5, 0.6) is 0 Å². The minimum atomic E-state index is -4.47. The molecule has 12 heteroatoms. The number of aromatic nitrogens is 3. The number of hydrogen-bond donors (Lipinski definition) is 2. The summed E-state index contributed by atoms with van der Waals surface area (Å²) >= 11 is 0. The first-order valence-corrected chi connectivity index (χ1v) is 13.5. The maximum absolute atomic E-state index is 13.5. The van der Waals surface area contributed by atoms with E-state index in [9.17, 15) is 22.8 Å². The molecule has 2 aliphatic rings. The summed E-state index contributed by atoms with van der Waals surface area (Å²) in [5.41, 5.74) is 3.39. The number of fused-ring (bicyclic) bond motifs is 1. The molecule has 9 nitrogen and oxygen atoms in total. The van der Waals surface area contributed by atoms with Crippen molar-refractivity contribution in [2.24, 2.45) is 5.92 Å². The van der Waals surface area contributed by atoms with Crippen molar-refractivity contribution in [1.29, 1.82) is 0 Å². The summed E-state index contributed by atoms with van der Waals surface area (Å²) in [5, 5.41) is 9.61. The lowest BCUT2D eigenvalue weighted by atomic mass is 9.87. The Bertz CT molecular complexity index is 1640. The van der Waals surface area contributed by atoms with Gasteiger partial charge in [-0.2, -0.15) is 18.2 Å². The SMILES string of the molecule is Cc1noc([C@@H]2C[C@H]2C(=O)NCc2ccc(-c3cccc(C(F)(F)F)c3)c3c2CN(C(=O)Nc2cccnc2)CC3)n1. The Balaban J connectivity index is 1.26. The van der Waals surface area contributed by atoms with Gasteiger partial charge in [-0.3, -0.25) is 9.78 Å². The quantitative estimate of drug-likeness (QED) is 0.315. The molecule has 216 valence electrons. The molecule has 3 amide bonds. The van der Waals surface area contributed by atoms with Gasteiger partial charge in [-0.1, -0.05) is 29.4 Å². The summed E-state index contributed by atoms with van der Waals surface area (Å²) in [5.74, 6) is 0.432. The van der Waals surface area contributed by atoms with Gasteiger partial charge in [0.15, 0.2) is 5.82 Å². The smallest absolute Gasteiger partial charge is 0.352 e. The molecule has 0 unspecified atom stereocenters. The maximum atomic E-state index is 13.5. The monoisotopic (exact) mass is 576 g/mol. The molecule has 2 aromatic heterocycles. The number of alkyl halides is 3. The third kappa shape index (κ3) is 5.69. The molecule has 1 aliphatic carbocycles. The van der Waals surface area contributed by atoms with Crippen LogP contribution in [0.4, 0.5) is 23.7 Å². The van der Waals surface area contributed by atoms with Crippen LogP contribution in [-0.4, -0.2) is 38.5 Å². The normalized spacial score (nSPS) is 17.9. The number of urea groups is 1. The molecule has 2 N–H and O–H groups in total. The third-order valence-electron chi connectivity index (χ3n) is 7.65. The van der Waals surface area contributed by atoms with Gasteiger partial charge in [-0.05, 0) is 71.8 Å². The van der Waals surface area contributed by atoms with E-state index < -0.39 is 11.7 Å². The van der Waals surface area contributed by atoms with E-state index in [4.69, 9.17) is 4.52 Å². The summed E-state index contributed by atoms with van der Waals surface area (Å²) in [6.07, 6.45) is -0.270. The second-order valence-electron chi connectivity index (χ2n) is 10.5. The lowest BCUT2D eigenvalue weighted by molar-refractivity contribution is -0.137. The molecule has 1 aliphatic heterocycles. The summed E-state index contributed by atoms with van der Waals surface area (Å²) < 4.78 is 45.6. The molecule has 1 saturated carbocycles. The Morgan fingerprint density at radius 1 is 1.12 bits per heavy atom. The number of carbonyl (C=O) groups excluding carboxylic acids is 2. The van der Waals surface area contributed by atoms with E-state index >= 15 is 0 Å². The van der Waals surface area contributed by atoms with E-state index in [0.717, 1.165) is 28.8 Å². The van der Waals surface area contributed by atoms with Crippen molar-refractivity contribution >= 4 is 17.6 Å². The molecule has 1 fully saturated rings. The number of rotatable bonds is 6. The van der Waals surface area contributed by atoms with Crippen molar-refractivity contribution in [3.63, 3.8) is 0 Å². The van der Waals surface area contributed by atoms with Crippen molar-refractivity contribution < 1.29 is 27.3 Å². The molecular weight excluding hydrogens is 549 g/mol. The molecule has 3 heterocycles. The minimum Gasteiger partial charge on any atom is -0.352 e. The van der Waals surface area contributed by atoms with Crippen LogP contribution in [0.3, 0.4) is 0 Å². The molecule has 0 spiro atoms. The Morgan fingerprint density at radius 2 is 1.98 bits per heavy atom. The van der Waals surface area contributed by atoms with Crippen LogP contribution in [0.2, 0.25) is 0 Å². The molecule has 2 atom stereocenters. The van der Waals surface area contributed by atoms with Crippen molar-refractivity contribution in [2.45, 2.75) is 44.9 Å². The van der Waals surface area contributed by atoms with Crippen LogP contribution in [0.15, 0.2) is 65.4 Å². The van der Waals surface area contributed by atoms with Gasteiger partial charge >= 0.3 is 12.2 Å². The van der Waals surface area contributed by atoms with Gasteiger partial charge in [-0.15, -0.1) is 0 Å². The van der Waals surface area contributed by atoms with Gasteiger partial charge in [0.25, 0.3) is 0 Å². The Kier molecular flexibility index (Phi) is 7.13. The van der Waals surface area contributed by atoms with Crippen LogP contribution < -0.4 is 10.6 Å². The average molecular weight is 577 g/mol. The molecule has 0 radical (unpaired) electrons. The largest absolute Gasteiger partial charge is 0.416 e. The van der Waals surface area contributed by atoms with Crippen molar-refractivity contribution in [3.05, 3.63) is 94.9 Å². The average Bonchev–Trinajstić information content (AvgIpc) is 3.68. The Morgan fingerprint density at radius 3 is 2.71 bits per heavy atom. The number of pyridine rings is 1. The zero-order chi connectivity index (χ0) is 29.4. The van der Waals surface area contributed by atoms with Crippen LogP contribution in [0.25, 0.3) is 11.1 Å². The topological polar surface area (TPSA) is 113 Å². The second-order valence-corrected chi connectivity index (χ2v) is 10.5. The highest BCUT2D eigenvalue weighted by Crippen LogP contribution is 2.47. The number of halogens is 3. The van der Waals surface area contributed by atoms with E-state index in [0.29, 0.717) is 47.9 Å². The van der Waals surface area contributed by atoms with Crippen LogP contribution in [-0.2, 0) is 30.5 Å². The van der Waals surface area contributed by atoms with Gasteiger partial charge in [0.1, 0.15) is 0 Å². The number of aryl methyl sites for hydroxylation is 1. The number of nitrogens with one attached hydrogen (secondary N) is 2. The lowest BCUT2D eigenvalue weighted by Crippen LogP contribution is -2.40. The number of anilines is 1. The lowest BCUT2D eigenvalue weighted by Gasteiger charge is -2.32. The molecular formula is C30H27F3N6O3. The fraction of sp³-hybridized carbons (Fsp3) is 0.300. The standard InChI is InChI=1S/C30H27F3N6O3/c1-17-36-28(42-38-17)25-13-24(25)27(40)35-14-19-7-8-22(18-4-2-5-20(12-18)30(31,32)33)23-9-11-39(16-26(19)23)29(41)37-21-6-3-10-34-15-21/h2-8,10,12,15,24-25H,9,11,13-14,16H2,1H3,(H,35,40)(H,37,41)/t24-,25-/m1/s1. The highest BCUT2D eigenvalue weighted by atomic mass is 19.4. The van der Waals surface area contributed by atoms with Gasteiger partial charge in [-0.25, -0.2) is 4.79 Å². The van der Waals surface area contributed by atoms with E-state index in [2.05, 4.69) is 25.8 Å². The van der Waals surface area contributed by atoms with E-state index in [1.54, 1.807) is 48.5 Å². The van der Waals surface area contributed by atoms with Crippen molar-refractivity contribution in [2.75, 3.05) is 11.9 Å². The van der Waals surface area contributed by atoms with Gasteiger partial charge in [0.2, 0.25) is 11.8 Å². The van der Waals surface area contributed by atoms with Crippen LogP contribution >= 0.6 is 0 Å². The third-order valence-corrected chi connectivity index (χ3v) is 7.65. The fourth-order valence-electron chi connectivity index (χ4n) is 5.39. The van der Waals surface area contributed by atoms with E-state index in [1.165, 1.54) is 6.07 Å².